The number of fused-ring (bicyclic) bond motifs is 1. The lowest BCUT2D eigenvalue weighted by atomic mass is 10.1. The number of anilines is 1. The summed E-state index contributed by atoms with van der Waals surface area (Å²) in [6.07, 6.45) is 2.30. The van der Waals surface area contributed by atoms with Gasteiger partial charge in [0, 0.05) is 38.3 Å². The van der Waals surface area contributed by atoms with Crippen LogP contribution in [0.15, 0.2) is 10.9 Å². The first-order chi connectivity index (χ1) is 14.0. The van der Waals surface area contributed by atoms with Gasteiger partial charge in [0.25, 0.3) is 5.91 Å². The largest absolute Gasteiger partial charge is 0.361 e. The number of carbonyl (C=O) groups is 1. The SMILES string of the molecule is Cc1noc(C)c1CCNC(=O)c1sc2ncnc(N3CCN(C)CC3)c2c1C. The van der Waals surface area contributed by atoms with Gasteiger partial charge in [0.15, 0.2) is 0 Å². The van der Waals surface area contributed by atoms with Crippen molar-refractivity contribution in [2.75, 3.05) is 44.7 Å². The number of thiophene rings is 1. The Balaban J connectivity index is 1.52. The molecule has 1 N–H and O–H groups in total. The number of hydrogen-bond acceptors (Lipinski definition) is 8. The molecule has 1 fully saturated rings. The number of aromatic nitrogens is 3. The average molecular weight is 415 g/mol. The molecule has 0 radical (unpaired) electrons. The number of nitrogens with one attached hydrogen (secondary N) is 1. The van der Waals surface area contributed by atoms with Crippen molar-refractivity contribution in [2.45, 2.75) is 27.2 Å². The van der Waals surface area contributed by atoms with Crippen LogP contribution >= 0.6 is 11.3 Å². The molecule has 0 bridgehead atoms. The number of nitrogens with zero attached hydrogens (tertiary/aromatic N) is 5. The van der Waals surface area contributed by atoms with Crippen molar-refractivity contribution in [1.82, 2.24) is 25.3 Å². The number of aryl methyl sites for hydroxylation is 3. The molecule has 0 aliphatic carbocycles. The molecule has 154 valence electrons. The van der Waals surface area contributed by atoms with E-state index < -0.39 is 0 Å². The molecule has 1 saturated heterocycles. The van der Waals surface area contributed by atoms with E-state index in [0.717, 1.165) is 64.8 Å². The van der Waals surface area contributed by atoms with Crippen LogP contribution in [0.5, 0.6) is 0 Å². The summed E-state index contributed by atoms with van der Waals surface area (Å²) in [4.78, 5) is 28.0. The van der Waals surface area contributed by atoms with Gasteiger partial charge in [-0.3, -0.25) is 4.79 Å². The first-order valence-corrected chi connectivity index (χ1v) is 10.6. The Morgan fingerprint density at radius 2 is 1.97 bits per heavy atom. The molecule has 4 rings (SSSR count). The summed E-state index contributed by atoms with van der Waals surface area (Å²) < 4.78 is 5.19. The lowest BCUT2D eigenvalue weighted by Gasteiger charge is -2.33. The van der Waals surface area contributed by atoms with Crippen molar-refractivity contribution in [2.24, 2.45) is 0 Å². The zero-order chi connectivity index (χ0) is 20.5. The number of rotatable bonds is 5. The molecule has 0 atom stereocenters. The number of likely N-dealkylation sites (N-methyl/N-ethyl adjacent to an activating group) is 1. The van der Waals surface area contributed by atoms with Gasteiger partial charge in [0.1, 0.15) is 22.7 Å². The Kier molecular flexibility index (Phi) is 5.51. The number of amides is 1. The summed E-state index contributed by atoms with van der Waals surface area (Å²) in [6.45, 7) is 10.2. The molecule has 29 heavy (non-hydrogen) atoms. The van der Waals surface area contributed by atoms with Crippen LogP contribution in [-0.4, -0.2) is 65.7 Å². The summed E-state index contributed by atoms with van der Waals surface area (Å²) in [5, 5.41) is 8.00. The minimum Gasteiger partial charge on any atom is -0.361 e. The highest BCUT2D eigenvalue weighted by Gasteiger charge is 2.23. The fourth-order valence-electron chi connectivity index (χ4n) is 3.77. The molecule has 9 heteroatoms. The second-order valence-corrected chi connectivity index (χ2v) is 8.53. The van der Waals surface area contributed by atoms with Gasteiger partial charge in [-0.15, -0.1) is 11.3 Å². The smallest absolute Gasteiger partial charge is 0.261 e. The fraction of sp³-hybridized carbons (Fsp3) is 0.500. The van der Waals surface area contributed by atoms with Crippen molar-refractivity contribution >= 4 is 33.3 Å². The first kappa shape index (κ1) is 19.8. The monoisotopic (exact) mass is 414 g/mol. The minimum absolute atomic E-state index is 0.0680. The molecule has 8 nitrogen and oxygen atoms in total. The van der Waals surface area contributed by atoms with Crippen LogP contribution in [0, 0.1) is 20.8 Å². The lowest BCUT2D eigenvalue weighted by molar-refractivity contribution is 0.0957. The van der Waals surface area contributed by atoms with Gasteiger partial charge in [-0.2, -0.15) is 0 Å². The van der Waals surface area contributed by atoms with Crippen LogP contribution < -0.4 is 10.2 Å². The Labute approximate surface area is 173 Å². The molecule has 0 aromatic carbocycles. The van der Waals surface area contributed by atoms with Gasteiger partial charge in [0.05, 0.1) is 16.0 Å². The Morgan fingerprint density at radius 1 is 1.21 bits per heavy atom. The fourth-order valence-corrected chi connectivity index (χ4v) is 4.83. The highest BCUT2D eigenvalue weighted by molar-refractivity contribution is 7.20. The molecule has 0 unspecified atom stereocenters. The van der Waals surface area contributed by atoms with Crippen LogP contribution in [0.25, 0.3) is 10.2 Å². The summed E-state index contributed by atoms with van der Waals surface area (Å²) in [6, 6.07) is 0. The topological polar surface area (TPSA) is 87.4 Å². The number of hydrogen-bond donors (Lipinski definition) is 1. The predicted octanol–water partition coefficient (Wildman–Crippen LogP) is 2.33. The molecular formula is C20H26N6O2S. The molecule has 1 aliphatic rings. The lowest BCUT2D eigenvalue weighted by Crippen LogP contribution is -2.44. The third kappa shape index (κ3) is 3.84. The maximum Gasteiger partial charge on any atom is 0.261 e. The third-order valence-electron chi connectivity index (χ3n) is 5.56. The Hall–Kier alpha value is -2.52. The summed E-state index contributed by atoms with van der Waals surface area (Å²) in [5.41, 5.74) is 2.89. The maximum atomic E-state index is 12.9. The van der Waals surface area contributed by atoms with E-state index in [4.69, 9.17) is 4.52 Å². The van der Waals surface area contributed by atoms with Gasteiger partial charge in [-0.1, -0.05) is 5.16 Å². The summed E-state index contributed by atoms with van der Waals surface area (Å²) >= 11 is 1.43. The average Bonchev–Trinajstić information content (AvgIpc) is 3.22. The molecule has 3 aromatic rings. The van der Waals surface area contributed by atoms with E-state index in [1.54, 1.807) is 6.33 Å². The molecule has 4 heterocycles. The van der Waals surface area contributed by atoms with Gasteiger partial charge >= 0.3 is 0 Å². The minimum atomic E-state index is -0.0680. The van der Waals surface area contributed by atoms with E-state index in [1.165, 1.54) is 11.3 Å². The quantitative estimate of drug-likeness (QED) is 0.685. The van der Waals surface area contributed by atoms with E-state index in [9.17, 15) is 4.79 Å². The van der Waals surface area contributed by atoms with Crippen LogP contribution in [-0.2, 0) is 6.42 Å². The van der Waals surface area contributed by atoms with Gasteiger partial charge in [-0.25, -0.2) is 9.97 Å². The second-order valence-electron chi connectivity index (χ2n) is 7.53. The zero-order valence-electron chi connectivity index (χ0n) is 17.3. The standard InChI is InChI=1S/C20H26N6O2S/c1-12-16-18(26-9-7-25(4)8-10-26)22-11-23-20(16)29-17(12)19(27)21-6-5-15-13(2)24-28-14(15)3/h11H,5-10H2,1-4H3,(H,21,27). The molecule has 0 saturated carbocycles. The van der Waals surface area contributed by atoms with Gasteiger partial charge in [-0.05, 0) is 39.8 Å². The molecule has 1 aliphatic heterocycles. The van der Waals surface area contributed by atoms with Gasteiger partial charge in [0.2, 0.25) is 0 Å². The zero-order valence-corrected chi connectivity index (χ0v) is 18.1. The summed E-state index contributed by atoms with van der Waals surface area (Å²) in [7, 11) is 2.13. The number of carbonyl (C=O) groups excluding carboxylic acids is 1. The first-order valence-electron chi connectivity index (χ1n) is 9.83. The van der Waals surface area contributed by atoms with Crippen LogP contribution in [0.3, 0.4) is 0 Å². The van der Waals surface area contributed by atoms with Crippen molar-refractivity contribution in [1.29, 1.82) is 0 Å². The molecule has 3 aromatic heterocycles. The van der Waals surface area contributed by atoms with Crippen LogP contribution in [0.4, 0.5) is 5.82 Å². The van der Waals surface area contributed by atoms with Crippen LogP contribution in [0.1, 0.15) is 32.3 Å². The molecular weight excluding hydrogens is 388 g/mol. The van der Waals surface area contributed by atoms with E-state index >= 15 is 0 Å². The summed E-state index contributed by atoms with van der Waals surface area (Å²) in [5.74, 6) is 1.68. The van der Waals surface area contributed by atoms with E-state index in [1.807, 2.05) is 20.8 Å². The Morgan fingerprint density at radius 3 is 2.66 bits per heavy atom. The van der Waals surface area contributed by atoms with Crippen molar-refractivity contribution in [3.63, 3.8) is 0 Å². The van der Waals surface area contributed by atoms with Crippen molar-refractivity contribution in [3.8, 4) is 0 Å². The van der Waals surface area contributed by atoms with E-state index in [0.29, 0.717) is 17.8 Å². The van der Waals surface area contributed by atoms with Gasteiger partial charge < -0.3 is 19.6 Å². The normalized spacial score (nSPS) is 15.2. The van der Waals surface area contributed by atoms with E-state index in [2.05, 4.69) is 37.3 Å². The van der Waals surface area contributed by atoms with Crippen molar-refractivity contribution in [3.05, 3.63) is 33.8 Å². The van der Waals surface area contributed by atoms with E-state index in [-0.39, 0.29) is 5.91 Å². The van der Waals surface area contributed by atoms with Crippen molar-refractivity contribution < 1.29 is 9.32 Å². The second kappa shape index (κ2) is 8.08. The highest BCUT2D eigenvalue weighted by atomic mass is 32.1. The predicted molar refractivity (Wildman–Crippen MR) is 114 cm³/mol. The molecule has 1 amide bonds. The maximum absolute atomic E-state index is 12.9. The molecule has 0 spiro atoms. The Bertz CT molecular complexity index is 1020. The third-order valence-corrected chi connectivity index (χ3v) is 6.76. The van der Waals surface area contributed by atoms with Crippen LogP contribution in [0.2, 0.25) is 0 Å². The highest BCUT2D eigenvalue weighted by Crippen LogP contribution is 2.35. The number of piperazine rings is 1.